The van der Waals surface area contributed by atoms with E-state index in [4.69, 9.17) is 4.74 Å². The maximum atomic E-state index is 11.7. The molecule has 2 N–H and O–H groups in total. The van der Waals surface area contributed by atoms with Gasteiger partial charge in [-0.05, 0) is 31.2 Å². The zero-order chi connectivity index (χ0) is 37.6. The first-order chi connectivity index (χ1) is 22.2. The molecule has 0 aliphatic carbocycles. The van der Waals surface area contributed by atoms with Gasteiger partial charge >= 0.3 is 15.6 Å². The second-order valence-corrected chi connectivity index (χ2v) is 15.9. The van der Waals surface area contributed by atoms with Gasteiger partial charge in [-0.1, -0.05) is 0 Å². The molecule has 0 spiro atoms. The molecule has 1 aliphatic rings. The van der Waals surface area contributed by atoms with Crippen LogP contribution >= 0.6 is 39.1 Å². The van der Waals surface area contributed by atoms with Crippen molar-refractivity contribution in [2.45, 2.75) is 31.3 Å². The average Bonchev–Trinajstić information content (AvgIpc) is 3.16. The Hall–Kier alpha value is -2.53. The van der Waals surface area contributed by atoms with E-state index in [1.807, 2.05) is 0 Å². The van der Waals surface area contributed by atoms with Crippen LogP contribution in [0.15, 0.2) is 48.5 Å². The van der Waals surface area contributed by atoms with Crippen molar-refractivity contribution in [3.63, 3.8) is 0 Å². The van der Waals surface area contributed by atoms with Crippen LogP contribution in [0.1, 0.15) is 6.92 Å². The van der Waals surface area contributed by atoms with Gasteiger partial charge in [0, 0.05) is 24.3 Å². The van der Waals surface area contributed by atoms with E-state index in [1.165, 1.54) is 6.92 Å². The standard InChI is InChI=1S/C12H18NO15P3.C6H7NO9P2/c1-7-11(14)12(15)10(25-7)6-24-29(18,19)27-31(22,23)28-30(20,21)26-9-4-2-8(3-5-9)13(16)17;8-7(9)5-1-3-6(4-2-5)15-18(13,14)16-17(10,11)12/h2-5,7,10-12,14-15H,6H2,1H3,(H,18,19)(H,20,21)(H,22,23);1-4H,(H,13,14)(H2,10,11,12)/p-6. The lowest BCUT2D eigenvalue weighted by molar-refractivity contribution is -0.385. The molecule has 3 rings (SSSR count). The Bertz CT molecular complexity index is 1720. The van der Waals surface area contributed by atoms with Crippen LogP contribution in [0.5, 0.6) is 11.5 Å². The van der Waals surface area contributed by atoms with Crippen LogP contribution in [-0.2, 0) is 45.0 Å². The van der Waals surface area contributed by atoms with E-state index in [-0.39, 0.29) is 5.69 Å². The highest BCUT2D eigenvalue weighted by molar-refractivity contribution is 7.65. The monoisotopic (exact) mass is 802 g/mol. The summed E-state index contributed by atoms with van der Waals surface area (Å²) in [7, 11) is -28.7. The first-order valence-corrected chi connectivity index (χ1v) is 19.4. The van der Waals surface area contributed by atoms with Crippen molar-refractivity contribution in [2.24, 2.45) is 0 Å². The van der Waals surface area contributed by atoms with Crippen molar-refractivity contribution in [1.82, 2.24) is 0 Å². The molecule has 276 valence electrons. The molecule has 0 radical (unpaired) electrons. The van der Waals surface area contributed by atoms with Gasteiger partial charge in [0.25, 0.3) is 27.0 Å². The van der Waals surface area contributed by atoms with Crippen LogP contribution in [0.25, 0.3) is 0 Å². The average molecular weight is 802 g/mol. The van der Waals surface area contributed by atoms with Crippen LogP contribution in [0, 0.1) is 20.2 Å². The van der Waals surface area contributed by atoms with E-state index < -0.39 is 97.2 Å². The minimum atomic E-state index is -6.11. The SMILES string of the molecule is CC1OC(COP(=O)([O-])OP(=O)([O-])OP(=O)([O-])Oc2ccc([N+](=O)[O-])cc2)C(O)C1O.O=[N+]([O-])c1ccc(OP(=O)([O-])OP(=O)([O-])[O-])cc1. The molecule has 0 aromatic heterocycles. The minimum absolute atomic E-state index is 0.331. The van der Waals surface area contributed by atoms with Crippen molar-refractivity contribution < 1.29 is 103 Å². The second-order valence-electron chi connectivity index (χ2n) is 8.82. The molecule has 0 bridgehead atoms. The molecule has 0 amide bonds. The number of ether oxygens (including phenoxy) is 1. The lowest BCUT2D eigenvalue weighted by atomic mass is 10.1. The summed E-state index contributed by atoms with van der Waals surface area (Å²) in [6.07, 6.45) is -5.11. The summed E-state index contributed by atoms with van der Waals surface area (Å²) >= 11 is 0. The first kappa shape index (κ1) is 42.6. The van der Waals surface area contributed by atoms with Crippen LogP contribution < -0.4 is 38.4 Å². The third-order valence-electron chi connectivity index (χ3n) is 5.13. The fourth-order valence-electron chi connectivity index (χ4n) is 3.19. The molecule has 1 saturated heterocycles. The fourth-order valence-corrected chi connectivity index (χ4v) is 8.06. The molecule has 8 atom stereocenters. The van der Waals surface area contributed by atoms with Gasteiger partial charge < -0.3 is 62.4 Å². The Balaban J connectivity index is 0.000000393. The molecule has 1 heterocycles. The van der Waals surface area contributed by atoms with Gasteiger partial charge in [-0.2, -0.15) is 0 Å². The van der Waals surface area contributed by atoms with E-state index in [2.05, 4.69) is 26.5 Å². The molecule has 2 aromatic carbocycles. The normalized spacial score (nSPS) is 24.1. The number of non-ortho nitro benzene ring substituents is 2. The Kier molecular flexibility index (Phi) is 14.5. The lowest BCUT2D eigenvalue weighted by Gasteiger charge is -2.34. The quantitative estimate of drug-likeness (QED) is 0.114. The van der Waals surface area contributed by atoms with Crippen molar-refractivity contribution in [3.05, 3.63) is 68.8 Å². The number of hydrogen-bond acceptors (Lipinski definition) is 24. The molecule has 1 aliphatic heterocycles. The smallest absolute Gasteiger partial charge is 0.326 e. The number of benzene rings is 2. The third kappa shape index (κ3) is 15.1. The summed E-state index contributed by atoms with van der Waals surface area (Å²) in [6, 6.07) is 6.95. The minimum Gasteiger partial charge on any atom is -0.789 e. The Labute approximate surface area is 272 Å². The molecular weight excluding hydrogens is 783 g/mol. The van der Waals surface area contributed by atoms with Crippen LogP contribution in [-0.4, -0.2) is 51.1 Å². The van der Waals surface area contributed by atoms with E-state index in [0.717, 1.165) is 48.5 Å². The van der Waals surface area contributed by atoms with Crippen LogP contribution in [0.4, 0.5) is 11.4 Å². The summed E-state index contributed by atoms with van der Waals surface area (Å²) in [5.74, 6) is -1.02. The van der Waals surface area contributed by atoms with Crippen molar-refractivity contribution >= 4 is 50.5 Å². The summed E-state index contributed by atoms with van der Waals surface area (Å²) in [6.45, 7) is 0.412. The molecule has 49 heavy (non-hydrogen) atoms. The molecule has 0 saturated carbocycles. The Morgan fingerprint density at radius 3 is 1.39 bits per heavy atom. The van der Waals surface area contributed by atoms with Crippen molar-refractivity contribution in [3.8, 4) is 11.5 Å². The summed E-state index contributed by atoms with van der Waals surface area (Å²) < 4.78 is 84.0. The number of aliphatic hydroxyl groups is 2. The van der Waals surface area contributed by atoms with Crippen molar-refractivity contribution in [1.29, 1.82) is 0 Å². The number of nitrogens with zero attached hydrogens (tertiary/aromatic N) is 2. The van der Waals surface area contributed by atoms with E-state index in [0.29, 0.717) is 0 Å². The van der Waals surface area contributed by atoms with Crippen LogP contribution in [0.3, 0.4) is 0 Å². The number of hydrogen-bond donors (Lipinski definition) is 2. The predicted octanol–water partition coefficient (Wildman–Crippen LogP) is -1.77. The summed E-state index contributed by atoms with van der Waals surface area (Å²) in [5.41, 5.74) is -0.753. The number of nitro benzene ring substituents is 2. The van der Waals surface area contributed by atoms with Gasteiger partial charge in [-0.15, -0.1) is 0 Å². The molecule has 8 unspecified atom stereocenters. The number of aliphatic hydroxyl groups excluding tert-OH is 2. The number of rotatable bonds is 15. The van der Waals surface area contributed by atoms with E-state index >= 15 is 0 Å². The first-order valence-electron chi connectivity index (χ1n) is 12.1. The third-order valence-corrected chi connectivity index (χ3v) is 11.3. The molecule has 31 heteroatoms. The zero-order valence-corrected chi connectivity index (χ0v) is 28.1. The molecule has 1 fully saturated rings. The molecule has 26 nitrogen and oxygen atoms in total. The van der Waals surface area contributed by atoms with E-state index in [1.54, 1.807) is 0 Å². The highest BCUT2D eigenvalue weighted by Crippen LogP contribution is 2.62. The van der Waals surface area contributed by atoms with Gasteiger partial charge in [-0.3, -0.25) is 42.8 Å². The Morgan fingerprint density at radius 1 is 0.653 bits per heavy atom. The zero-order valence-electron chi connectivity index (χ0n) is 23.6. The van der Waals surface area contributed by atoms with Crippen LogP contribution in [0.2, 0.25) is 0 Å². The topological polar surface area (TPSA) is 415 Å². The number of phosphoric acid groups is 5. The largest absolute Gasteiger partial charge is 0.789 e. The number of nitro groups is 2. The highest BCUT2D eigenvalue weighted by atomic mass is 31.3. The highest BCUT2D eigenvalue weighted by Gasteiger charge is 2.41. The maximum Gasteiger partial charge on any atom is 0.326 e. The predicted molar refractivity (Wildman–Crippen MR) is 141 cm³/mol. The molecular formula is C18H19N2O24P5-6. The fraction of sp³-hybridized carbons (Fsp3) is 0.333. The number of phosphoric ester groups is 3. The summed E-state index contributed by atoms with van der Waals surface area (Å²) in [4.78, 5) is 85.4. The maximum absolute atomic E-state index is 11.7. The summed E-state index contributed by atoms with van der Waals surface area (Å²) in [5, 5.41) is 40.0. The second kappa shape index (κ2) is 16.7. The van der Waals surface area contributed by atoms with E-state index in [9.17, 15) is 82.6 Å². The van der Waals surface area contributed by atoms with Gasteiger partial charge in [0.2, 0.25) is 0 Å². The Morgan fingerprint density at radius 2 is 1.04 bits per heavy atom. The van der Waals surface area contributed by atoms with Gasteiger partial charge in [0.05, 0.1) is 30.4 Å². The molecule has 2 aromatic rings. The lowest BCUT2D eigenvalue weighted by Crippen LogP contribution is -2.34. The van der Waals surface area contributed by atoms with Crippen molar-refractivity contribution in [2.75, 3.05) is 6.61 Å². The van der Waals surface area contributed by atoms with Gasteiger partial charge in [0.15, 0.2) is 0 Å². The van der Waals surface area contributed by atoms with Gasteiger partial charge in [0.1, 0.15) is 29.8 Å². The van der Waals surface area contributed by atoms with Gasteiger partial charge in [-0.25, -0.2) is 8.62 Å².